The van der Waals surface area contributed by atoms with Gasteiger partial charge in [-0.3, -0.25) is 0 Å². The van der Waals surface area contributed by atoms with Crippen molar-refractivity contribution in [1.29, 1.82) is 0 Å². The molecular formula is C19H15BrClF3N2S. The average molecular weight is 476 g/mol. The summed E-state index contributed by atoms with van der Waals surface area (Å²) < 4.78 is 43.3. The van der Waals surface area contributed by atoms with Gasteiger partial charge in [0.25, 0.3) is 0 Å². The van der Waals surface area contributed by atoms with Crippen LogP contribution in [0.4, 0.5) is 13.2 Å². The lowest BCUT2D eigenvalue weighted by Crippen LogP contribution is -3.00. The number of nitrogens with zero attached hydrogens (tertiary/aromatic N) is 2. The number of imidazole rings is 1. The van der Waals surface area contributed by atoms with Gasteiger partial charge >= 0.3 is 11.3 Å². The predicted molar refractivity (Wildman–Crippen MR) is 96.7 cm³/mol. The molecule has 0 N–H and O–H groups in total. The fourth-order valence-corrected chi connectivity index (χ4v) is 4.40. The standard InChI is InChI=1S/C19H15ClF3N2S.BrH/c1-12-10-25-17(13-5-7-15(20)8-6-13)11-24(18(25)26-12)16-4-2-3-14(9-16)19(21,22)23;/h2-9,11-12H,10H2,1H3;1H/q+1;/p-1. The van der Waals surface area contributed by atoms with E-state index in [1.54, 1.807) is 17.8 Å². The molecule has 1 aliphatic rings. The summed E-state index contributed by atoms with van der Waals surface area (Å²) in [5.74, 6) is 0. The van der Waals surface area contributed by atoms with E-state index in [-0.39, 0.29) is 17.0 Å². The van der Waals surface area contributed by atoms with Gasteiger partial charge in [0.05, 0.1) is 10.8 Å². The number of rotatable bonds is 2. The van der Waals surface area contributed by atoms with Crippen LogP contribution < -0.4 is 21.5 Å². The quantitative estimate of drug-likeness (QED) is 0.518. The zero-order valence-corrected chi connectivity index (χ0v) is 17.3. The summed E-state index contributed by atoms with van der Waals surface area (Å²) in [6.07, 6.45) is -2.47. The Morgan fingerprint density at radius 1 is 1.15 bits per heavy atom. The first kappa shape index (κ1) is 20.3. The average Bonchev–Trinajstić information content (AvgIpc) is 3.12. The van der Waals surface area contributed by atoms with Crippen molar-refractivity contribution < 1.29 is 34.7 Å². The van der Waals surface area contributed by atoms with E-state index in [1.807, 2.05) is 35.0 Å². The van der Waals surface area contributed by atoms with Crippen LogP contribution in [0.15, 0.2) is 59.9 Å². The topological polar surface area (TPSA) is 8.81 Å². The van der Waals surface area contributed by atoms with Gasteiger partial charge in [-0.15, -0.1) is 0 Å². The van der Waals surface area contributed by atoms with Crippen molar-refractivity contribution in [2.45, 2.75) is 30.1 Å². The number of thioether (sulfide) groups is 1. The Labute approximate surface area is 174 Å². The van der Waals surface area contributed by atoms with Gasteiger partial charge in [-0.1, -0.05) is 17.7 Å². The maximum atomic E-state index is 13.1. The molecule has 1 atom stereocenters. The Hall–Kier alpha value is -1.44. The van der Waals surface area contributed by atoms with Crippen LogP contribution in [0, 0.1) is 0 Å². The van der Waals surface area contributed by atoms with Gasteiger partial charge in [0, 0.05) is 10.6 Å². The SMILES string of the molecule is CC1C[n+]2c(-c3ccc(Cl)cc3)cn(-c3cccc(C(F)(F)F)c3)c2S1.[Br-]. The van der Waals surface area contributed by atoms with Gasteiger partial charge in [-0.2, -0.15) is 17.7 Å². The van der Waals surface area contributed by atoms with Crippen LogP contribution >= 0.6 is 23.4 Å². The molecule has 1 aromatic heterocycles. The van der Waals surface area contributed by atoms with E-state index < -0.39 is 11.7 Å². The molecule has 0 saturated carbocycles. The first-order valence-corrected chi connectivity index (χ1v) is 9.34. The molecule has 0 aliphatic carbocycles. The largest absolute Gasteiger partial charge is 1.00 e. The number of halogens is 5. The fourth-order valence-electron chi connectivity index (χ4n) is 3.12. The molecule has 1 unspecified atom stereocenters. The van der Waals surface area contributed by atoms with Crippen molar-refractivity contribution in [2.24, 2.45) is 0 Å². The maximum Gasteiger partial charge on any atom is 0.416 e. The van der Waals surface area contributed by atoms with E-state index in [9.17, 15) is 13.2 Å². The number of fused-ring (bicyclic) bond motifs is 1. The van der Waals surface area contributed by atoms with Crippen LogP contribution in [0.3, 0.4) is 0 Å². The number of benzene rings is 2. The zero-order chi connectivity index (χ0) is 18.5. The fraction of sp³-hybridized carbons (Fsp3) is 0.211. The molecule has 0 bridgehead atoms. The lowest BCUT2D eigenvalue weighted by atomic mass is 10.1. The second kappa shape index (κ2) is 7.53. The Morgan fingerprint density at radius 3 is 2.52 bits per heavy atom. The summed E-state index contributed by atoms with van der Waals surface area (Å²) in [4.78, 5) is 0. The van der Waals surface area contributed by atoms with Gasteiger partial charge in [-0.25, -0.2) is 4.57 Å². The molecule has 0 spiro atoms. The summed E-state index contributed by atoms with van der Waals surface area (Å²) in [6.45, 7) is 2.92. The lowest BCUT2D eigenvalue weighted by Gasteiger charge is -2.07. The van der Waals surface area contributed by atoms with Gasteiger partial charge in [0.1, 0.15) is 18.4 Å². The van der Waals surface area contributed by atoms with Crippen molar-refractivity contribution in [3.05, 3.63) is 65.3 Å². The normalized spacial score (nSPS) is 16.1. The van der Waals surface area contributed by atoms with Crippen LogP contribution in [0.25, 0.3) is 16.9 Å². The number of aromatic nitrogens is 2. The molecule has 142 valence electrons. The van der Waals surface area contributed by atoms with E-state index >= 15 is 0 Å². The molecule has 0 saturated heterocycles. The zero-order valence-electron chi connectivity index (χ0n) is 14.2. The van der Waals surface area contributed by atoms with Gasteiger partial charge < -0.3 is 17.0 Å². The van der Waals surface area contributed by atoms with E-state index in [4.69, 9.17) is 11.6 Å². The van der Waals surface area contributed by atoms with Crippen molar-refractivity contribution >= 4 is 23.4 Å². The van der Waals surface area contributed by atoms with E-state index in [0.717, 1.165) is 29.0 Å². The van der Waals surface area contributed by atoms with Crippen LogP contribution in [-0.4, -0.2) is 9.82 Å². The highest BCUT2D eigenvalue weighted by atomic mass is 79.9. The van der Waals surface area contributed by atoms with Crippen molar-refractivity contribution in [3.8, 4) is 16.9 Å². The first-order valence-electron chi connectivity index (χ1n) is 8.08. The molecule has 1 aliphatic heterocycles. The van der Waals surface area contributed by atoms with E-state index in [0.29, 0.717) is 16.0 Å². The third-order valence-electron chi connectivity index (χ3n) is 4.32. The minimum absolute atomic E-state index is 0. The minimum Gasteiger partial charge on any atom is -1.00 e. The molecule has 0 fully saturated rings. The Balaban J connectivity index is 0.00000210. The number of hydrogen-bond donors (Lipinski definition) is 0. The molecular weight excluding hydrogens is 461 g/mol. The summed E-state index contributed by atoms with van der Waals surface area (Å²) in [7, 11) is 0. The number of hydrogen-bond acceptors (Lipinski definition) is 1. The molecule has 0 radical (unpaired) electrons. The van der Waals surface area contributed by atoms with Gasteiger partial charge in [0.2, 0.25) is 0 Å². The first-order chi connectivity index (χ1) is 12.3. The Morgan fingerprint density at radius 2 is 1.85 bits per heavy atom. The third kappa shape index (κ3) is 3.91. The Bertz CT molecular complexity index is 970. The second-order valence-corrected chi connectivity index (χ2v) is 8.10. The molecule has 27 heavy (non-hydrogen) atoms. The molecule has 2 nitrogen and oxygen atoms in total. The van der Waals surface area contributed by atoms with Crippen molar-refractivity contribution in [1.82, 2.24) is 4.57 Å². The van der Waals surface area contributed by atoms with Gasteiger partial charge in [-0.05, 0) is 61.2 Å². The van der Waals surface area contributed by atoms with Crippen LogP contribution in [0.2, 0.25) is 5.02 Å². The Kier molecular flexibility index (Phi) is 5.66. The smallest absolute Gasteiger partial charge is 0.416 e. The minimum atomic E-state index is -4.36. The van der Waals surface area contributed by atoms with E-state index in [1.165, 1.54) is 12.1 Å². The predicted octanol–water partition coefficient (Wildman–Crippen LogP) is 2.60. The van der Waals surface area contributed by atoms with Crippen LogP contribution in [0.1, 0.15) is 12.5 Å². The molecule has 8 heteroatoms. The third-order valence-corrected chi connectivity index (χ3v) is 5.75. The van der Waals surface area contributed by atoms with Crippen LogP contribution in [0.5, 0.6) is 0 Å². The summed E-state index contributed by atoms with van der Waals surface area (Å²) in [5.41, 5.74) is 1.80. The van der Waals surface area contributed by atoms with Crippen molar-refractivity contribution in [3.63, 3.8) is 0 Å². The van der Waals surface area contributed by atoms with Crippen molar-refractivity contribution in [2.75, 3.05) is 0 Å². The lowest BCUT2D eigenvalue weighted by molar-refractivity contribution is -0.715. The van der Waals surface area contributed by atoms with Gasteiger partial charge in [0.15, 0.2) is 5.69 Å². The van der Waals surface area contributed by atoms with E-state index in [2.05, 4.69) is 11.5 Å². The highest BCUT2D eigenvalue weighted by Crippen LogP contribution is 2.35. The van der Waals surface area contributed by atoms with Crippen LogP contribution in [-0.2, 0) is 12.7 Å². The molecule has 2 heterocycles. The molecule has 3 aromatic rings. The molecule has 2 aromatic carbocycles. The molecule has 0 amide bonds. The monoisotopic (exact) mass is 474 g/mol. The second-order valence-electron chi connectivity index (χ2n) is 6.26. The number of alkyl halides is 3. The highest BCUT2D eigenvalue weighted by Gasteiger charge is 2.36. The highest BCUT2D eigenvalue weighted by molar-refractivity contribution is 7.99. The summed E-state index contributed by atoms with van der Waals surface area (Å²) in [6, 6.07) is 12.9. The summed E-state index contributed by atoms with van der Waals surface area (Å²) >= 11 is 7.64. The maximum absolute atomic E-state index is 13.1. The molecule has 4 rings (SSSR count). The summed E-state index contributed by atoms with van der Waals surface area (Å²) in [5, 5.41) is 1.94.